The first kappa shape index (κ1) is 6.76. The van der Waals surface area contributed by atoms with E-state index in [-0.39, 0.29) is 11.4 Å². The minimum atomic E-state index is -0.167. The number of carbonyl (C=O) groups excluding carboxylic acids is 1. The van der Waals surface area contributed by atoms with Gasteiger partial charge in [0, 0.05) is 0 Å². The Balaban J connectivity index is 2.89. The molecule has 0 aromatic rings. The molecule has 2 heteroatoms. The largest absolute Gasteiger partial charge is 0.289 e. The lowest BCUT2D eigenvalue weighted by atomic mass is 10.2. The van der Waals surface area contributed by atoms with Crippen LogP contribution in [0.2, 0.25) is 0 Å². The first-order chi connectivity index (χ1) is 4.84. The van der Waals surface area contributed by atoms with Crippen molar-refractivity contribution < 1.29 is 4.79 Å². The number of hydrogen-bond donors (Lipinski definition) is 0. The fourth-order valence-corrected chi connectivity index (χ4v) is 0.805. The van der Waals surface area contributed by atoms with Gasteiger partial charge in [0.15, 0.2) is 5.78 Å². The third-order valence-corrected chi connectivity index (χ3v) is 1.34. The van der Waals surface area contributed by atoms with E-state index in [1.165, 1.54) is 6.08 Å². The van der Waals surface area contributed by atoms with Crippen molar-refractivity contribution >= 4 is 5.78 Å². The summed E-state index contributed by atoms with van der Waals surface area (Å²) in [5, 5.41) is 8.41. The molecule has 0 spiro atoms. The molecular formula is C8H7NO. The Morgan fingerprint density at radius 1 is 1.50 bits per heavy atom. The van der Waals surface area contributed by atoms with Crippen molar-refractivity contribution in [3.8, 4) is 6.07 Å². The average Bonchev–Trinajstić information content (AvgIpc) is 2.13. The van der Waals surface area contributed by atoms with Crippen LogP contribution in [-0.2, 0) is 4.79 Å². The van der Waals surface area contributed by atoms with Crippen molar-refractivity contribution in [3.05, 3.63) is 23.8 Å². The van der Waals surface area contributed by atoms with Crippen LogP contribution in [0.5, 0.6) is 0 Å². The van der Waals surface area contributed by atoms with Gasteiger partial charge in [-0.1, -0.05) is 12.2 Å². The molecule has 0 unspecified atom stereocenters. The summed E-state index contributed by atoms with van der Waals surface area (Å²) < 4.78 is 0. The molecule has 0 bridgehead atoms. The Labute approximate surface area is 59.5 Å². The molecule has 1 aliphatic carbocycles. The van der Waals surface area contributed by atoms with Gasteiger partial charge >= 0.3 is 0 Å². The van der Waals surface area contributed by atoms with E-state index in [1.807, 2.05) is 6.07 Å². The van der Waals surface area contributed by atoms with Gasteiger partial charge in [0.05, 0.1) is 5.57 Å². The van der Waals surface area contributed by atoms with Crippen LogP contribution >= 0.6 is 0 Å². The molecule has 10 heavy (non-hydrogen) atoms. The zero-order valence-electron chi connectivity index (χ0n) is 5.50. The van der Waals surface area contributed by atoms with Gasteiger partial charge in [-0.05, 0) is 18.9 Å². The molecule has 0 heterocycles. The lowest BCUT2D eigenvalue weighted by molar-refractivity contribution is -0.111. The molecule has 0 radical (unpaired) electrons. The SMILES string of the molecule is N#CC1=CCCC=CC1=O. The zero-order valence-corrected chi connectivity index (χ0v) is 5.50. The lowest BCUT2D eigenvalue weighted by Gasteiger charge is -1.84. The van der Waals surface area contributed by atoms with Crippen LogP contribution in [0.4, 0.5) is 0 Å². The first-order valence-corrected chi connectivity index (χ1v) is 3.15. The van der Waals surface area contributed by atoms with E-state index in [0.29, 0.717) is 0 Å². The number of ketones is 1. The quantitative estimate of drug-likeness (QED) is 0.500. The van der Waals surface area contributed by atoms with E-state index in [9.17, 15) is 4.79 Å². The summed E-state index contributed by atoms with van der Waals surface area (Å²) in [5.41, 5.74) is 0.272. The van der Waals surface area contributed by atoms with Crippen LogP contribution in [0, 0.1) is 11.3 Å². The molecule has 0 atom stereocenters. The van der Waals surface area contributed by atoms with Gasteiger partial charge < -0.3 is 0 Å². The highest BCUT2D eigenvalue weighted by molar-refractivity contribution is 6.07. The minimum Gasteiger partial charge on any atom is -0.289 e. The summed E-state index contributed by atoms with van der Waals surface area (Å²) in [7, 11) is 0. The van der Waals surface area contributed by atoms with E-state index < -0.39 is 0 Å². The fourth-order valence-electron chi connectivity index (χ4n) is 0.805. The second kappa shape index (κ2) is 2.98. The Bertz CT molecular complexity index is 242. The monoisotopic (exact) mass is 133 g/mol. The Morgan fingerprint density at radius 2 is 2.30 bits per heavy atom. The van der Waals surface area contributed by atoms with Gasteiger partial charge in [0.25, 0.3) is 0 Å². The number of nitriles is 1. The lowest BCUT2D eigenvalue weighted by Crippen LogP contribution is -1.93. The molecule has 0 saturated heterocycles. The van der Waals surface area contributed by atoms with Crippen molar-refractivity contribution in [2.75, 3.05) is 0 Å². The van der Waals surface area contributed by atoms with Crippen LogP contribution in [0.3, 0.4) is 0 Å². The number of carbonyl (C=O) groups is 1. The van der Waals surface area contributed by atoms with Crippen molar-refractivity contribution in [2.24, 2.45) is 0 Å². The summed E-state index contributed by atoms with van der Waals surface area (Å²) in [4.78, 5) is 10.9. The van der Waals surface area contributed by atoms with Gasteiger partial charge in [-0.2, -0.15) is 5.26 Å². The summed E-state index contributed by atoms with van der Waals surface area (Å²) in [6, 6.07) is 1.85. The van der Waals surface area contributed by atoms with E-state index in [1.54, 1.807) is 12.2 Å². The molecule has 0 amide bonds. The van der Waals surface area contributed by atoms with Gasteiger partial charge in [-0.15, -0.1) is 0 Å². The molecule has 1 aliphatic rings. The first-order valence-electron chi connectivity index (χ1n) is 3.15. The third kappa shape index (κ3) is 1.32. The normalized spacial score (nSPS) is 17.5. The number of allylic oxidation sites excluding steroid dienone is 4. The minimum absolute atomic E-state index is 0.167. The number of nitrogens with zero attached hydrogens (tertiary/aromatic N) is 1. The summed E-state index contributed by atoms with van der Waals surface area (Å²) in [6.45, 7) is 0. The predicted molar refractivity (Wildman–Crippen MR) is 37.1 cm³/mol. The second-order valence-electron chi connectivity index (χ2n) is 2.07. The second-order valence-corrected chi connectivity index (χ2v) is 2.07. The topological polar surface area (TPSA) is 40.9 Å². The van der Waals surface area contributed by atoms with Gasteiger partial charge in [0.2, 0.25) is 0 Å². The average molecular weight is 133 g/mol. The van der Waals surface area contributed by atoms with Crippen molar-refractivity contribution in [1.29, 1.82) is 5.26 Å². The molecule has 0 aromatic heterocycles. The van der Waals surface area contributed by atoms with Crippen LogP contribution in [0.25, 0.3) is 0 Å². The number of hydrogen-bond acceptors (Lipinski definition) is 2. The highest BCUT2D eigenvalue weighted by atomic mass is 16.1. The van der Waals surface area contributed by atoms with Gasteiger partial charge in [-0.3, -0.25) is 4.79 Å². The van der Waals surface area contributed by atoms with E-state index in [4.69, 9.17) is 5.26 Å². The van der Waals surface area contributed by atoms with Crippen molar-refractivity contribution in [3.63, 3.8) is 0 Å². The van der Waals surface area contributed by atoms with Crippen LogP contribution in [0.1, 0.15) is 12.8 Å². The van der Waals surface area contributed by atoms with Gasteiger partial charge in [0.1, 0.15) is 6.07 Å². The van der Waals surface area contributed by atoms with Crippen LogP contribution in [-0.4, -0.2) is 5.78 Å². The highest BCUT2D eigenvalue weighted by Crippen LogP contribution is 2.06. The summed E-state index contributed by atoms with van der Waals surface area (Å²) in [5.74, 6) is -0.167. The third-order valence-electron chi connectivity index (χ3n) is 1.34. The Hall–Kier alpha value is -1.36. The molecule has 1 rings (SSSR count). The molecule has 0 N–H and O–H groups in total. The molecule has 0 fully saturated rings. The Morgan fingerprint density at radius 3 is 3.00 bits per heavy atom. The maximum absolute atomic E-state index is 10.9. The standard InChI is InChI=1S/C8H7NO/c9-6-7-4-2-1-3-5-8(7)10/h3-5H,1-2H2. The molecule has 0 aliphatic heterocycles. The maximum Gasteiger partial charge on any atom is 0.195 e. The van der Waals surface area contributed by atoms with E-state index in [2.05, 4.69) is 0 Å². The highest BCUT2D eigenvalue weighted by Gasteiger charge is 2.05. The van der Waals surface area contributed by atoms with Crippen LogP contribution in [0.15, 0.2) is 23.8 Å². The van der Waals surface area contributed by atoms with Crippen molar-refractivity contribution in [1.82, 2.24) is 0 Å². The van der Waals surface area contributed by atoms with Crippen LogP contribution < -0.4 is 0 Å². The van der Waals surface area contributed by atoms with Crippen molar-refractivity contribution in [2.45, 2.75) is 12.8 Å². The Kier molecular flexibility index (Phi) is 2.01. The molecule has 0 saturated carbocycles. The van der Waals surface area contributed by atoms with E-state index >= 15 is 0 Å². The molecule has 50 valence electrons. The smallest absolute Gasteiger partial charge is 0.195 e. The fraction of sp³-hybridized carbons (Fsp3) is 0.250. The maximum atomic E-state index is 10.9. The van der Waals surface area contributed by atoms with Gasteiger partial charge in [-0.25, -0.2) is 0 Å². The zero-order chi connectivity index (χ0) is 7.40. The number of rotatable bonds is 0. The molecule has 0 aromatic carbocycles. The summed E-state index contributed by atoms with van der Waals surface area (Å²) in [6.07, 6.45) is 6.59. The molecule has 2 nitrogen and oxygen atoms in total. The van der Waals surface area contributed by atoms with E-state index in [0.717, 1.165) is 12.8 Å². The molecular weight excluding hydrogens is 126 g/mol. The predicted octanol–water partition coefficient (Wildman–Crippen LogP) is 1.36. The summed E-state index contributed by atoms with van der Waals surface area (Å²) >= 11 is 0.